The zero-order valence-corrected chi connectivity index (χ0v) is 19.3. The Kier molecular flexibility index (Phi) is 7.17. The fraction of sp³-hybridized carbons (Fsp3) is 0.423. The van der Waals surface area contributed by atoms with Crippen LogP contribution in [-0.4, -0.2) is 55.5 Å². The van der Waals surface area contributed by atoms with Crippen molar-refractivity contribution in [3.8, 4) is 11.1 Å². The van der Waals surface area contributed by atoms with Gasteiger partial charge in [0.05, 0.1) is 31.1 Å². The first kappa shape index (κ1) is 23.8. The molecule has 2 amide bonds. The quantitative estimate of drug-likeness (QED) is 0.551. The van der Waals surface area contributed by atoms with Crippen LogP contribution < -0.4 is 10.6 Å². The van der Waals surface area contributed by atoms with Crippen LogP contribution in [0.15, 0.2) is 48.5 Å². The van der Waals surface area contributed by atoms with Crippen molar-refractivity contribution in [2.24, 2.45) is 17.8 Å². The lowest BCUT2D eigenvalue weighted by molar-refractivity contribution is -0.143. The highest BCUT2D eigenvalue weighted by molar-refractivity contribution is 5.82. The normalized spacial score (nSPS) is 19.9. The fourth-order valence-corrected chi connectivity index (χ4v) is 4.70. The van der Waals surface area contributed by atoms with Gasteiger partial charge >= 0.3 is 12.1 Å². The zero-order valence-electron chi connectivity index (χ0n) is 19.3. The van der Waals surface area contributed by atoms with Crippen molar-refractivity contribution in [3.63, 3.8) is 0 Å². The number of nitrogens with one attached hydrogen (secondary N) is 2. The van der Waals surface area contributed by atoms with Crippen LogP contribution in [0.1, 0.15) is 30.9 Å². The van der Waals surface area contributed by atoms with Gasteiger partial charge in [-0.3, -0.25) is 9.59 Å². The molecule has 180 valence electrons. The summed E-state index contributed by atoms with van der Waals surface area (Å²) in [5.74, 6) is -2.75. The summed E-state index contributed by atoms with van der Waals surface area (Å²) in [5, 5.41) is 14.8. The van der Waals surface area contributed by atoms with E-state index in [2.05, 4.69) is 22.8 Å². The first-order valence-electron chi connectivity index (χ1n) is 11.6. The van der Waals surface area contributed by atoms with Crippen LogP contribution >= 0.6 is 0 Å². The lowest BCUT2D eigenvalue weighted by atomic mass is 9.95. The van der Waals surface area contributed by atoms with Gasteiger partial charge in [-0.1, -0.05) is 62.4 Å². The predicted octanol–water partition coefficient (Wildman–Crippen LogP) is 3.01. The summed E-state index contributed by atoms with van der Waals surface area (Å²) < 4.78 is 11.0. The Morgan fingerprint density at radius 2 is 1.65 bits per heavy atom. The van der Waals surface area contributed by atoms with Crippen molar-refractivity contribution in [1.82, 2.24) is 10.6 Å². The lowest BCUT2D eigenvalue weighted by Gasteiger charge is -2.21. The molecule has 4 rings (SSSR count). The first-order valence-corrected chi connectivity index (χ1v) is 11.6. The van der Waals surface area contributed by atoms with Gasteiger partial charge < -0.3 is 25.2 Å². The smallest absolute Gasteiger partial charge is 0.407 e. The number of rotatable bonds is 8. The Labute approximate surface area is 198 Å². The third-order valence-corrected chi connectivity index (χ3v) is 6.68. The first-order chi connectivity index (χ1) is 16.4. The van der Waals surface area contributed by atoms with Gasteiger partial charge in [-0.2, -0.15) is 0 Å². The summed E-state index contributed by atoms with van der Waals surface area (Å²) in [5.41, 5.74) is 4.54. The molecule has 1 fully saturated rings. The number of hydrogen-bond donors (Lipinski definition) is 3. The van der Waals surface area contributed by atoms with Gasteiger partial charge in [0.15, 0.2) is 0 Å². The molecule has 2 aromatic rings. The van der Waals surface area contributed by atoms with Gasteiger partial charge in [0.2, 0.25) is 5.91 Å². The number of carbonyl (C=O) groups excluding carboxylic acids is 2. The molecule has 3 N–H and O–H groups in total. The molecule has 34 heavy (non-hydrogen) atoms. The van der Waals surface area contributed by atoms with Crippen molar-refractivity contribution < 1.29 is 29.0 Å². The number of alkyl carbamates (subject to hydrolysis) is 1. The van der Waals surface area contributed by atoms with Gasteiger partial charge in [0, 0.05) is 12.5 Å². The third-order valence-electron chi connectivity index (χ3n) is 6.68. The van der Waals surface area contributed by atoms with Crippen molar-refractivity contribution >= 4 is 18.0 Å². The van der Waals surface area contributed by atoms with E-state index in [1.54, 1.807) is 13.8 Å². The maximum absolute atomic E-state index is 12.7. The van der Waals surface area contributed by atoms with E-state index in [9.17, 15) is 19.5 Å². The van der Waals surface area contributed by atoms with Gasteiger partial charge in [-0.05, 0) is 28.2 Å². The van der Waals surface area contributed by atoms with Crippen molar-refractivity contribution in [2.45, 2.75) is 25.8 Å². The minimum Gasteiger partial charge on any atom is -0.481 e. The van der Waals surface area contributed by atoms with E-state index in [1.165, 1.54) is 0 Å². The standard InChI is InChI=1S/C26H30N2O6/c1-15(2)20(25(30)31)11-27-24(29)22-12-33-14-23(22)28-26(32)34-13-21-18-9-5-3-7-16(18)17-8-4-6-10-19(17)21/h3-10,15,20-23H,11-14H2,1-2H3,(H,27,29)(H,28,32)(H,30,31). The van der Waals surface area contributed by atoms with Crippen LogP contribution in [0.2, 0.25) is 0 Å². The van der Waals surface area contributed by atoms with Crippen molar-refractivity contribution in [1.29, 1.82) is 0 Å². The van der Waals surface area contributed by atoms with Crippen LogP contribution in [-0.2, 0) is 19.1 Å². The van der Waals surface area contributed by atoms with E-state index in [0.717, 1.165) is 22.3 Å². The summed E-state index contributed by atoms with van der Waals surface area (Å²) in [7, 11) is 0. The summed E-state index contributed by atoms with van der Waals surface area (Å²) >= 11 is 0. The molecule has 8 nitrogen and oxygen atoms in total. The van der Waals surface area contributed by atoms with Crippen LogP contribution in [0.4, 0.5) is 4.79 Å². The SMILES string of the molecule is CC(C)C(CNC(=O)C1COCC1NC(=O)OCC1c2ccccc2-c2ccccc21)C(=O)O. The molecule has 2 aromatic carbocycles. The van der Waals surface area contributed by atoms with Crippen molar-refractivity contribution in [3.05, 3.63) is 59.7 Å². The predicted molar refractivity (Wildman–Crippen MR) is 125 cm³/mol. The fourth-order valence-electron chi connectivity index (χ4n) is 4.70. The lowest BCUT2D eigenvalue weighted by Crippen LogP contribution is -2.48. The van der Waals surface area contributed by atoms with Gasteiger partial charge in [-0.25, -0.2) is 4.79 Å². The van der Waals surface area contributed by atoms with E-state index in [4.69, 9.17) is 9.47 Å². The van der Waals surface area contributed by atoms with E-state index in [1.807, 2.05) is 36.4 Å². The number of aliphatic carboxylic acids is 1. The zero-order chi connectivity index (χ0) is 24.2. The summed E-state index contributed by atoms with van der Waals surface area (Å²) in [6.07, 6.45) is -0.610. The molecule has 2 aliphatic rings. The number of fused-ring (bicyclic) bond motifs is 3. The maximum Gasteiger partial charge on any atom is 0.407 e. The largest absolute Gasteiger partial charge is 0.481 e. The highest BCUT2D eigenvalue weighted by atomic mass is 16.5. The van der Waals surface area contributed by atoms with E-state index in [0.29, 0.717) is 0 Å². The molecule has 1 saturated heterocycles. The van der Waals surface area contributed by atoms with E-state index in [-0.39, 0.29) is 44.1 Å². The van der Waals surface area contributed by atoms with E-state index < -0.39 is 29.9 Å². The van der Waals surface area contributed by atoms with Gasteiger partial charge in [-0.15, -0.1) is 0 Å². The molecule has 8 heteroatoms. The average Bonchev–Trinajstić information content (AvgIpc) is 3.40. The molecule has 3 unspecified atom stereocenters. The topological polar surface area (TPSA) is 114 Å². The van der Waals surface area contributed by atoms with E-state index >= 15 is 0 Å². The molecule has 0 saturated carbocycles. The van der Waals surface area contributed by atoms with Crippen LogP contribution in [0.3, 0.4) is 0 Å². The number of amides is 2. The second kappa shape index (κ2) is 10.3. The molecular weight excluding hydrogens is 436 g/mol. The Morgan fingerprint density at radius 3 is 2.24 bits per heavy atom. The second-order valence-corrected chi connectivity index (χ2v) is 9.15. The van der Waals surface area contributed by atoms with Crippen LogP contribution in [0.25, 0.3) is 11.1 Å². The molecule has 0 radical (unpaired) electrons. The molecule has 0 spiro atoms. The van der Waals surface area contributed by atoms with Crippen LogP contribution in [0, 0.1) is 17.8 Å². The number of carboxylic acid groups (broad SMARTS) is 1. The van der Waals surface area contributed by atoms with Crippen molar-refractivity contribution in [2.75, 3.05) is 26.4 Å². The number of carboxylic acids is 1. The highest BCUT2D eigenvalue weighted by Crippen LogP contribution is 2.44. The van der Waals surface area contributed by atoms with Gasteiger partial charge in [0.1, 0.15) is 6.61 Å². The summed E-state index contributed by atoms with van der Waals surface area (Å²) in [6.45, 7) is 4.14. The van der Waals surface area contributed by atoms with Crippen LogP contribution in [0.5, 0.6) is 0 Å². The Balaban J connectivity index is 1.33. The minimum atomic E-state index is -0.953. The van der Waals surface area contributed by atoms with Gasteiger partial charge in [0.25, 0.3) is 0 Å². The Bertz CT molecular complexity index is 1020. The maximum atomic E-state index is 12.7. The molecule has 1 aliphatic heterocycles. The molecule has 0 bridgehead atoms. The summed E-state index contributed by atoms with van der Waals surface area (Å²) in [4.78, 5) is 36.6. The second-order valence-electron chi connectivity index (χ2n) is 9.15. The number of carbonyl (C=O) groups is 3. The third kappa shape index (κ3) is 4.92. The molecular formula is C26H30N2O6. The molecule has 3 atom stereocenters. The summed E-state index contributed by atoms with van der Waals surface area (Å²) in [6, 6.07) is 15.6. The molecule has 1 heterocycles. The minimum absolute atomic E-state index is 0.0278. The Hall–Kier alpha value is -3.39. The highest BCUT2D eigenvalue weighted by Gasteiger charge is 2.37. The number of hydrogen-bond acceptors (Lipinski definition) is 5. The Morgan fingerprint density at radius 1 is 1.03 bits per heavy atom. The molecule has 0 aromatic heterocycles. The average molecular weight is 467 g/mol. The number of ether oxygens (including phenoxy) is 2. The monoisotopic (exact) mass is 466 g/mol. The number of benzene rings is 2. The molecule has 1 aliphatic carbocycles.